The molecule has 0 radical (unpaired) electrons. The highest BCUT2D eigenvalue weighted by Crippen LogP contribution is 2.39. The van der Waals surface area contributed by atoms with Crippen LogP contribution in [0.4, 0.5) is 0 Å². The average molecular weight is 296 g/mol. The van der Waals surface area contributed by atoms with Crippen LogP contribution in [0.3, 0.4) is 0 Å². The number of nitrogens with one attached hydrogen (secondary N) is 1. The van der Waals surface area contributed by atoms with E-state index in [9.17, 15) is 0 Å². The molecule has 1 N–H and O–H groups in total. The Labute approximate surface area is 123 Å². The van der Waals surface area contributed by atoms with E-state index in [1.807, 2.05) is 31.2 Å². The van der Waals surface area contributed by atoms with E-state index >= 15 is 0 Å². The molecule has 0 aliphatic heterocycles. The smallest absolute Gasteiger partial charge is 0.198 e. The molecule has 0 bridgehead atoms. The standard InChI is InChI=1S/C15H18ClNO3/c1-4-17-14(10-8-9-20-15(10)16)13-11(18-2)6-5-7-12(13)19-3/h5-9,14,17H,4H2,1-3H3. The maximum Gasteiger partial charge on any atom is 0.198 e. The maximum atomic E-state index is 6.12. The van der Waals surface area contributed by atoms with Gasteiger partial charge in [-0.05, 0) is 36.3 Å². The summed E-state index contributed by atoms with van der Waals surface area (Å²) in [4.78, 5) is 0. The summed E-state index contributed by atoms with van der Waals surface area (Å²) in [7, 11) is 3.27. The van der Waals surface area contributed by atoms with Crippen molar-refractivity contribution in [3.8, 4) is 11.5 Å². The van der Waals surface area contributed by atoms with Gasteiger partial charge < -0.3 is 19.2 Å². The van der Waals surface area contributed by atoms with Gasteiger partial charge in [0.25, 0.3) is 0 Å². The Morgan fingerprint density at radius 1 is 1.20 bits per heavy atom. The fourth-order valence-corrected chi connectivity index (χ4v) is 2.47. The molecule has 1 unspecified atom stereocenters. The molecule has 1 aromatic carbocycles. The first kappa shape index (κ1) is 14.8. The van der Waals surface area contributed by atoms with Gasteiger partial charge in [0, 0.05) is 5.56 Å². The molecule has 0 spiro atoms. The lowest BCUT2D eigenvalue weighted by molar-refractivity contribution is 0.377. The van der Waals surface area contributed by atoms with E-state index < -0.39 is 0 Å². The van der Waals surface area contributed by atoms with E-state index in [0.29, 0.717) is 5.22 Å². The lowest BCUT2D eigenvalue weighted by Crippen LogP contribution is -2.23. The third-order valence-electron chi connectivity index (χ3n) is 3.12. The van der Waals surface area contributed by atoms with Crippen LogP contribution in [0.1, 0.15) is 24.1 Å². The minimum Gasteiger partial charge on any atom is -0.496 e. The van der Waals surface area contributed by atoms with Gasteiger partial charge in [0.2, 0.25) is 0 Å². The summed E-state index contributed by atoms with van der Waals surface area (Å²) >= 11 is 6.12. The molecule has 0 aliphatic rings. The summed E-state index contributed by atoms with van der Waals surface area (Å²) in [5, 5.41) is 3.75. The Hall–Kier alpha value is -1.65. The van der Waals surface area contributed by atoms with Crippen LogP contribution in [-0.4, -0.2) is 20.8 Å². The molecule has 0 amide bonds. The molecule has 0 saturated carbocycles. The number of benzene rings is 1. The van der Waals surface area contributed by atoms with Crippen molar-refractivity contribution in [1.82, 2.24) is 5.32 Å². The summed E-state index contributed by atoms with van der Waals surface area (Å²) in [6, 6.07) is 7.38. The number of rotatable bonds is 6. The van der Waals surface area contributed by atoms with Crippen molar-refractivity contribution < 1.29 is 13.9 Å². The topological polar surface area (TPSA) is 43.6 Å². The monoisotopic (exact) mass is 295 g/mol. The number of hydrogen-bond acceptors (Lipinski definition) is 4. The van der Waals surface area contributed by atoms with Crippen LogP contribution in [0.5, 0.6) is 11.5 Å². The summed E-state index contributed by atoms with van der Waals surface area (Å²) in [6.45, 7) is 2.80. The maximum absolute atomic E-state index is 6.12. The zero-order chi connectivity index (χ0) is 14.5. The van der Waals surface area contributed by atoms with Crippen LogP contribution in [-0.2, 0) is 0 Å². The van der Waals surface area contributed by atoms with Gasteiger partial charge in [-0.25, -0.2) is 0 Å². The van der Waals surface area contributed by atoms with Gasteiger partial charge in [-0.3, -0.25) is 0 Å². The van der Waals surface area contributed by atoms with E-state index in [-0.39, 0.29) is 6.04 Å². The second kappa shape index (κ2) is 6.68. The molecule has 4 nitrogen and oxygen atoms in total. The Bertz CT molecular complexity index is 546. The third-order valence-corrected chi connectivity index (χ3v) is 3.43. The predicted molar refractivity (Wildman–Crippen MR) is 78.8 cm³/mol. The summed E-state index contributed by atoms with van der Waals surface area (Å²) < 4.78 is 16.1. The van der Waals surface area contributed by atoms with Crippen molar-refractivity contribution in [3.05, 3.63) is 46.9 Å². The van der Waals surface area contributed by atoms with Crippen LogP contribution in [0.2, 0.25) is 5.22 Å². The first-order chi connectivity index (χ1) is 9.72. The van der Waals surface area contributed by atoms with E-state index in [4.69, 9.17) is 25.5 Å². The van der Waals surface area contributed by atoms with Gasteiger partial charge in [0.1, 0.15) is 11.5 Å². The van der Waals surface area contributed by atoms with Crippen molar-refractivity contribution in [3.63, 3.8) is 0 Å². The molecule has 108 valence electrons. The molecule has 20 heavy (non-hydrogen) atoms. The predicted octanol–water partition coefficient (Wildman–Crippen LogP) is 3.65. The zero-order valence-electron chi connectivity index (χ0n) is 11.8. The third kappa shape index (κ3) is 2.76. The van der Waals surface area contributed by atoms with Crippen molar-refractivity contribution in [1.29, 1.82) is 0 Å². The number of furan rings is 1. The Morgan fingerprint density at radius 3 is 2.30 bits per heavy atom. The van der Waals surface area contributed by atoms with Crippen LogP contribution >= 0.6 is 11.6 Å². The minimum atomic E-state index is -0.155. The molecular weight excluding hydrogens is 278 g/mol. The fraction of sp³-hybridized carbons (Fsp3) is 0.333. The SMILES string of the molecule is CCNC(c1ccoc1Cl)c1c(OC)cccc1OC. The van der Waals surface area contributed by atoms with Crippen molar-refractivity contribution in [2.24, 2.45) is 0 Å². The summed E-state index contributed by atoms with van der Waals surface area (Å²) in [6.07, 6.45) is 1.57. The molecule has 1 heterocycles. The van der Waals surface area contributed by atoms with Crippen LogP contribution < -0.4 is 14.8 Å². The molecule has 0 saturated heterocycles. The largest absolute Gasteiger partial charge is 0.496 e. The first-order valence-electron chi connectivity index (χ1n) is 6.40. The molecule has 0 aliphatic carbocycles. The fourth-order valence-electron chi connectivity index (χ4n) is 2.25. The lowest BCUT2D eigenvalue weighted by Gasteiger charge is -2.22. The lowest BCUT2D eigenvalue weighted by atomic mass is 9.99. The Balaban J connectivity index is 2.57. The highest BCUT2D eigenvalue weighted by Gasteiger charge is 2.25. The van der Waals surface area contributed by atoms with Crippen LogP contribution in [0.15, 0.2) is 34.9 Å². The Morgan fingerprint density at radius 2 is 1.85 bits per heavy atom. The van der Waals surface area contributed by atoms with Crippen molar-refractivity contribution in [2.75, 3.05) is 20.8 Å². The van der Waals surface area contributed by atoms with Gasteiger partial charge in [-0.2, -0.15) is 0 Å². The molecule has 0 fully saturated rings. The van der Waals surface area contributed by atoms with E-state index in [1.165, 1.54) is 0 Å². The van der Waals surface area contributed by atoms with Gasteiger partial charge in [0.15, 0.2) is 5.22 Å². The van der Waals surface area contributed by atoms with Gasteiger partial charge in [-0.1, -0.05) is 13.0 Å². The van der Waals surface area contributed by atoms with Crippen LogP contribution in [0.25, 0.3) is 0 Å². The average Bonchev–Trinajstić information content (AvgIpc) is 2.90. The van der Waals surface area contributed by atoms with Crippen molar-refractivity contribution in [2.45, 2.75) is 13.0 Å². The van der Waals surface area contributed by atoms with Gasteiger partial charge in [0.05, 0.1) is 32.1 Å². The quantitative estimate of drug-likeness (QED) is 0.883. The highest BCUT2D eigenvalue weighted by atomic mass is 35.5. The molecule has 2 rings (SSSR count). The normalized spacial score (nSPS) is 12.2. The van der Waals surface area contributed by atoms with E-state index in [1.54, 1.807) is 20.5 Å². The number of ether oxygens (including phenoxy) is 2. The van der Waals surface area contributed by atoms with E-state index in [2.05, 4.69) is 5.32 Å². The van der Waals surface area contributed by atoms with Crippen molar-refractivity contribution >= 4 is 11.6 Å². The number of halogens is 1. The number of methoxy groups -OCH3 is 2. The summed E-state index contributed by atoms with van der Waals surface area (Å²) in [5.74, 6) is 1.49. The summed E-state index contributed by atoms with van der Waals surface area (Å²) in [5.41, 5.74) is 1.76. The Kier molecular flexibility index (Phi) is 4.93. The number of hydrogen-bond donors (Lipinski definition) is 1. The van der Waals surface area contributed by atoms with Crippen LogP contribution in [0, 0.1) is 0 Å². The molecule has 1 atom stereocenters. The molecule has 1 aromatic heterocycles. The second-order valence-corrected chi connectivity index (χ2v) is 4.56. The van der Waals surface area contributed by atoms with Gasteiger partial charge >= 0.3 is 0 Å². The highest BCUT2D eigenvalue weighted by molar-refractivity contribution is 6.29. The molecule has 5 heteroatoms. The van der Waals surface area contributed by atoms with E-state index in [0.717, 1.165) is 29.2 Å². The minimum absolute atomic E-state index is 0.155. The second-order valence-electron chi connectivity index (χ2n) is 4.22. The van der Waals surface area contributed by atoms with Gasteiger partial charge in [-0.15, -0.1) is 0 Å². The zero-order valence-corrected chi connectivity index (χ0v) is 12.5. The molecular formula is C15H18ClNO3. The molecule has 2 aromatic rings. The first-order valence-corrected chi connectivity index (χ1v) is 6.77.